The van der Waals surface area contributed by atoms with E-state index in [2.05, 4.69) is 25.2 Å². The topological polar surface area (TPSA) is 174 Å². The van der Waals surface area contributed by atoms with Crippen molar-refractivity contribution in [3.05, 3.63) is 72.4 Å². The average molecular weight is 673 g/mol. The van der Waals surface area contributed by atoms with Crippen molar-refractivity contribution in [2.24, 2.45) is 5.41 Å². The van der Waals surface area contributed by atoms with Gasteiger partial charge in [-0.3, -0.25) is 14.3 Å². The maximum Gasteiger partial charge on any atom is 0.329 e. The van der Waals surface area contributed by atoms with Gasteiger partial charge in [0.05, 0.1) is 10.6 Å². The molecular weight excluding hydrogens is 636 g/mol. The molecule has 1 unspecified atom stereocenters. The molecule has 2 aromatic heterocycles. The third kappa shape index (κ3) is 7.23. The van der Waals surface area contributed by atoms with Crippen LogP contribution in [0.1, 0.15) is 63.9 Å². The van der Waals surface area contributed by atoms with Gasteiger partial charge in [-0.1, -0.05) is 24.2 Å². The van der Waals surface area contributed by atoms with Crippen LogP contribution in [0.2, 0.25) is 0 Å². The molecule has 0 radical (unpaired) electrons. The molecule has 48 heavy (non-hydrogen) atoms. The number of amides is 2. The monoisotopic (exact) mass is 672 g/mol. The minimum absolute atomic E-state index is 0.00868. The standard InChI is InChI=1S/C34H36N6O7S/c1-33(2,3)46-31(42)27-12-7-19-40(27)30(41)26-11-6-10-25(36-26)29-37-28(38-47-29)21-13-15-24(16-14-21)48(44,45)39-23-9-5-8-22(20-23)35-32(43)34(4)17-18-34/h5-6,8-11,13-16,20,27,39H,7,12,17-19H2,1-4H3,(H,35,43). The minimum atomic E-state index is -3.95. The Morgan fingerprint density at radius 3 is 2.40 bits per heavy atom. The number of nitrogens with zero attached hydrogens (tertiary/aromatic N) is 4. The van der Waals surface area contributed by atoms with E-state index in [0.29, 0.717) is 36.3 Å². The van der Waals surface area contributed by atoms with E-state index in [4.69, 9.17) is 9.26 Å². The number of carbonyl (C=O) groups is 3. The number of rotatable bonds is 9. The van der Waals surface area contributed by atoms with E-state index in [1.807, 2.05) is 6.92 Å². The van der Waals surface area contributed by atoms with Crippen LogP contribution in [0.15, 0.2) is 76.1 Å². The largest absolute Gasteiger partial charge is 0.458 e. The van der Waals surface area contributed by atoms with Gasteiger partial charge in [-0.2, -0.15) is 4.98 Å². The van der Waals surface area contributed by atoms with E-state index < -0.39 is 33.5 Å². The number of nitrogens with one attached hydrogen (secondary N) is 2. The fourth-order valence-electron chi connectivity index (χ4n) is 5.24. The average Bonchev–Trinajstić information content (AvgIpc) is 3.41. The zero-order chi connectivity index (χ0) is 34.3. The molecule has 1 saturated carbocycles. The Kier molecular flexibility index (Phi) is 8.54. The number of anilines is 2. The van der Waals surface area contributed by atoms with Crippen molar-refractivity contribution >= 4 is 39.2 Å². The molecule has 1 atom stereocenters. The maximum absolute atomic E-state index is 13.4. The minimum Gasteiger partial charge on any atom is -0.458 e. The maximum atomic E-state index is 13.4. The molecule has 1 aliphatic carbocycles. The molecule has 1 saturated heterocycles. The van der Waals surface area contributed by atoms with Gasteiger partial charge in [0.1, 0.15) is 23.0 Å². The molecule has 2 fully saturated rings. The van der Waals surface area contributed by atoms with Crippen LogP contribution in [-0.4, -0.2) is 64.4 Å². The number of ether oxygens (including phenoxy) is 1. The van der Waals surface area contributed by atoms with Crippen LogP contribution in [0.3, 0.4) is 0 Å². The van der Waals surface area contributed by atoms with Gasteiger partial charge in [0, 0.05) is 23.2 Å². The second-order valence-electron chi connectivity index (χ2n) is 13.2. The van der Waals surface area contributed by atoms with Crippen LogP contribution in [0.25, 0.3) is 23.0 Å². The molecule has 1 aliphatic heterocycles. The first kappa shape index (κ1) is 32.8. The van der Waals surface area contributed by atoms with Crippen LogP contribution >= 0.6 is 0 Å². The van der Waals surface area contributed by atoms with E-state index in [-0.39, 0.29) is 39.3 Å². The Labute approximate surface area is 278 Å². The number of sulfonamides is 1. The molecule has 14 heteroatoms. The zero-order valence-electron chi connectivity index (χ0n) is 27.0. The highest BCUT2D eigenvalue weighted by atomic mass is 32.2. The summed E-state index contributed by atoms with van der Waals surface area (Å²) in [5, 5.41) is 6.86. The van der Waals surface area contributed by atoms with Gasteiger partial charge >= 0.3 is 5.97 Å². The summed E-state index contributed by atoms with van der Waals surface area (Å²) in [6.45, 7) is 7.65. The summed E-state index contributed by atoms with van der Waals surface area (Å²) in [5.41, 5.74) is 0.649. The lowest BCUT2D eigenvalue weighted by Gasteiger charge is -2.27. The quantitative estimate of drug-likeness (QED) is 0.223. The summed E-state index contributed by atoms with van der Waals surface area (Å²) in [4.78, 5) is 48.9. The zero-order valence-corrected chi connectivity index (χ0v) is 27.8. The highest BCUT2D eigenvalue weighted by Gasteiger charge is 2.45. The Balaban J connectivity index is 1.13. The van der Waals surface area contributed by atoms with Crippen LogP contribution in [-0.2, 0) is 24.3 Å². The van der Waals surface area contributed by atoms with Crippen molar-refractivity contribution in [2.45, 2.75) is 69.9 Å². The normalized spacial score (nSPS) is 17.1. The van der Waals surface area contributed by atoms with Gasteiger partial charge in [0.15, 0.2) is 0 Å². The Hall–Kier alpha value is -5.11. The van der Waals surface area contributed by atoms with E-state index in [9.17, 15) is 22.8 Å². The Morgan fingerprint density at radius 2 is 1.69 bits per heavy atom. The van der Waals surface area contributed by atoms with Crippen LogP contribution < -0.4 is 10.0 Å². The van der Waals surface area contributed by atoms with Crippen LogP contribution in [0.4, 0.5) is 11.4 Å². The third-order valence-corrected chi connectivity index (χ3v) is 9.55. The number of likely N-dealkylation sites (tertiary alicyclic amines) is 1. The lowest BCUT2D eigenvalue weighted by atomic mass is 10.1. The predicted molar refractivity (Wildman–Crippen MR) is 176 cm³/mol. The Morgan fingerprint density at radius 1 is 0.979 bits per heavy atom. The smallest absolute Gasteiger partial charge is 0.329 e. The first-order chi connectivity index (χ1) is 22.7. The highest BCUT2D eigenvalue weighted by Crippen LogP contribution is 2.45. The van der Waals surface area contributed by atoms with E-state index in [1.54, 1.807) is 75.4 Å². The van der Waals surface area contributed by atoms with Gasteiger partial charge in [-0.15, -0.1) is 0 Å². The SMILES string of the molecule is CC(C)(C)OC(=O)C1CCCN1C(=O)c1cccc(-c2nc(-c3ccc(S(=O)(=O)Nc4cccc(NC(=O)C5(C)CC5)c4)cc3)no2)n1. The highest BCUT2D eigenvalue weighted by molar-refractivity contribution is 7.92. The molecule has 2 N–H and O–H groups in total. The summed E-state index contributed by atoms with van der Waals surface area (Å²) >= 11 is 0. The number of carbonyl (C=O) groups excluding carboxylic acids is 3. The van der Waals surface area contributed by atoms with Gasteiger partial charge in [-0.05, 0) is 101 Å². The van der Waals surface area contributed by atoms with E-state index >= 15 is 0 Å². The fourth-order valence-corrected chi connectivity index (χ4v) is 6.29. The van der Waals surface area contributed by atoms with Crippen molar-refractivity contribution < 1.29 is 32.1 Å². The third-order valence-electron chi connectivity index (χ3n) is 8.15. The summed E-state index contributed by atoms with van der Waals surface area (Å²) in [6.07, 6.45) is 2.84. The Bertz CT molecular complexity index is 1980. The van der Waals surface area contributed by atoms with Crippen molar-refractivity contribution in [3.63, 3.8) is 0 Å². The van der Waals surface area contributed by atoms with Crippen LogP contribution in [0.5, 0.6) is 0 Å². The van der Waals surface area contributed by atoms with E-state index in [0.717, 1.165) is 12.8 Å². The predicted octanol–water partition coefficient (Wildman–Crippen LogP) is 5.28. The molecule has 2 aliphatic rings. The van der Waals surface area contributed by atoms with Gasteiger partial charge in [0.2, 0.25) is 11.7 Å². The molecule has 13 nitrogen and oxygen atoms in total. The number of pyridine rings is 1. The fraction of sp³-hybridized carbons (Fsp3) is 0.353. The second-order valence-corrected chi connectivity index (χ2v) is 14.9. The van der Waals surface area contributed by atoms with Crippen molar-refractivity contribution in [1.29, 1.82) is 0 Å². The summed E-state index contributed by atoms with van der Waals surface area (Å²) in [5.74, 6) is -0.684. The molecule has 4 aromatic rings. The number of hydrogen-bond acceptors (Lipinski definition) is 10. The lowest BCUT2D eigenvalue weighted by Crippen LogP contribution is -2.43. The molecule has 6 rings (SSSR count). The van der Waals surface area contributed by atoms with Gasteiger partial charge in [-0.25, -0.2) is 18.2 Å². The number of benzene rings is 2. The summed E-state index contributed by atoms with van der Waals surface area (Å²) in [6, 6.07) is 16.6. The van der Waals surface area contributed by atoms with Crippen LogP contribution in [0, 0.1) is 5.41 Å². The number of aromatic nitrogens is 3. The lowest BCUT2D eigenvalue weighted by molar-refractivity contribution is -0.159. The molecule has 3 heterocycles. The van der Waals surface area contributed by atoms with E-state index in [1.165, 1.54) is 17.0 Å². The van der Waals surface area contributed by atoms with Crippen molar-refractivity contribution in [1.82, 2.24) is 20.0 Å². The molecule has 250 valence electrons. The van der Waals surface area contributed by atoms with Crippen molar-refractivity contribution in [3.8, 4) is 23.0 Å². The van der Waals surface area contributed by atoms with Gasteiger partial charge < -0.3 is 19.5 Å². The number of esters is 1. The summed E-state index contributed by atoms with van der Waals surface area (Å²) in [7, 11) is -3.95. The number of hydrogen-bond donors (Lipinski definition) is 2. The first-order valence-electron chi connectivity index (χ1n) is 15.6. The van der Waals surface area contributed by atoms with Crippen molar-refractivity contribution in [2.75, 3.05) is 16.6 Å². The molecule has 0 spiro atoms. The molecule has 2 aromatic carbocycles. The molecular formula is C34H36N6O7S. The summed E-state index contributed by atoms with van der Waals surface area (Å²) < 4.78 is 39.8. The second kappa shape index (κ2) is 12.5. The first-order valence-corrected chi connectivity index (χ1v) is 17.1. The molecule has 2 amide bonds. The van der Waals surface area contributed by atoms with Gasteiger partial charge in [0.25, 0.3) is 21.8 Å². The molecule has 0 bridgehead atoms.